The van der Waals surface area contributed by atoms with E-state index in [0.717, 1.165) is 5.71 Å². The van der Waals surface area contributed by atoms with Crippen LogP contribution in [0.5, 0.6) is 0 Å². The van der Waals surface area contributed by atoms with Crippen molar-refractivity contribution in [2.24, 2.45) is 10.4 Å². The van der Waals surface area contributed by atoms with Crippen molar-refractivity contribution in [2.75, 3.05) is 5.75 Å². The minimum Gasteiger partial charge on any atom is -0.272 e. The first-order chi connectivity index (χ1) is 5.73. The van der Waals surface area contributed by atoms with Crippen LogP contribution in [0.25, 0.3) is 0 Å². The van der Waals surface area contributed by atoms with Crippen LogP contribution in [0.15, 0.2) is 4.99 Å². The number of carbonyl (C=O) groups excluding carboxylic acids is 1. The van der Waals surface area contributed by atoms with E-state index < -0.39 is 0 Å². The fraction of sp³-hybridized carbons (Fsp3) is 0.800. The Bertz CT molecular complexity index is 261. The van der Waals surface area contributed by atoms with Gasteiger partial charge in [0, 0.05) is 15.9 Å². The third-order valence-corrected chi connectivity index (χ3v) is 3.38. The Labute approximate surface area is 84.2 Å². The highest BCUT2D eigenvalue weighted by Gasteiger charge is 2.37. The second-order valence-corrected chi connectivity index (χ2v) is 6.50. The van der Waals surface area contributed by atoms with Crippen LogP contribution < -0.4 is 0 Å². The predicted molar refractivity (Wildman–Crippen MR) is 58.4 cm³/mol. The molecule has 2 nitrogen and oxygen atoms in total. The molecule has 0 N–H and O–H groups in total. The van der Waals surface area contributed by atoms with E-state index in [4.69, 9.17) is 0 Å². The highest BCUT2D eigenvalue weighted by atomic mass is 32.2. The molecule has 0 radical (unpaired) electrons. The fourth-order valence-electron chi connectivity index (χ4n) is 1.67. The predicted octanol–water partition coefficient (Wildman–Crippen LogP) is 2.53. The molecule has 0 saturated carbocycles. The number of amides is 1. The van der Waals surface area contributed by atoms with E-state index >= 15 is 0 Å². The van der Waals surface area contributed by atoms with Gasteiger partial charge in [-0.05, 0) is 13.8 Å². The molecule has 0 fully saturated rings. The molecule has 0 bridgehead atoms. The molecule has 3 heteroatoms. The summed E-state index contributed by atoms with van der Waals surface area (Å²) in [7, 11) is 0. The van der Waals surface area contributed by atoms with Gasteiger partial charge in [-0.1, -0.05) is 20.8 Å². The van der Waals surface area contributed by atoms with Crippen LogP contribution in [0.4, 0.5) is 0 Å². The van der Waals surface area contributed by atoms with Gasteiger partial charge in [0.2, 0.25) is 0 Å². The zero-order valence-corrected chi connectivity index (χ0v) is 9.79. The number of rotatable bonds is 0. The maximum Gasteiger partial charge on any atom is 0.255 e. The molecule has 1 amide bonds. The lowest BCUT2D eigenvalue weighted by molar-refractivity contribution is -0.115. The number of hydrogen-bond donors (Lipinski definition) is 0. The van der Waals surface area contributed by atoms with Gasteiger partial charge in [-0.3, -0.25) is 4.79 Å². The van der Waals surface area contributed by atoms with Crippen molar-refractivity contribution in [1.29, 1.82) is 0 Å². The van der Waals surface area contributed by atoms with Crippen molar-refractivity contribution in [3.63, 3.8) is 0 Å². The van der Waals surface area contributed by atoms with E-state index in [9.17, 15) is 4.79 Å². The molecular weight excluding hydrogens is 182 g/mol. The Hall–Kier alpha value is -0.310. The Balaban J connectivity index is 3.09. The smallest absolute Gasteiger partial charge is 0.255 e. The third kappa shape index (κ3) is 2.33. The van der Waals surface area contributed by atoms with Gasteiger partial charge in [0.25, 0.3) is 5.91 Å². The summed E-state index contributed by atoms with van der Waals surface area (Å²) in [5.74, 6) is 0.529. The van der Waals surface area contributed by atoms with Crippen molar-refractivity contribution < 1.29 is 4.79 Å². The van der Waals surface area contributed by atoms with Crippen LogP contribution in [0.3, 0.4) is 0 Å². The van der Waals surface area contributed by atoms with Gasteiger partial charge in [-0.15, -0.1) is 11.8 Å². The molecule has 0 aromatic carbocycles. The third-order valence-electron chi connectivity index (χ3n) is 2.07. The number of hydrogen-bond acceptors (Lipinski definition) is 2. The first-order valence-electron chi connectivity index (χ1n) is 4.50. The molecule has 74 valence electrons. The van der Waals surface area contributed by atoms with Gasteiger partial charge in [0.15, 0.2) is 0 Å². The summed E-state index contributed by atoms with van der Waals surface area (Å²) in [5.41, 5.74) is 1.01. The molecule has 0 atom stereocenters. The molecule has 0 aromatic rings. The van der Waals surface area contributed by atoms with E-state index in [0.29, 0.717) is 5.75 Å². The first-order valence-corrected chi connectivity index (χ1v) is 5.48. The lowest BCUT2D eigenvalue weighted by atomic mass is 9.83. The van der Waals surface area contributed by atoms with E-state index in [2.05, 4.69) is 39.6 Å². The number of carbonyl (C=O) groups is 1. The van der Waals surface area contributed by atoms with Crippen LogP contribution in [0.1, 0.15) is 34.6 Å². The topological polar surface area (TPSA) is 29.4 Å². The monoisotopic (exact) mass is 199 g/mol. The van der Waals surface area contributed by atoms with E-state index in [1.54, 1.807) is 11.8 Å². The summed E-state index contributed by atoms with van der Waals surface area (Å²) in [6.07, 6.45) is 0. The second kappa shape index (κ2) is 3.12. The average molecular weight is 199 g/mol. The molecule has 1 rings (SSSR count). The summed E-state index contributed by atoms with van der Waals surface area (Å²) in [5, 5.41) is 0. The zero-order valence-electron chi connectivity index (χ0n) is 8.97. The van der Waals surface area contributed by atoms with Gasteiger partial charge in [0.05, 0.1) is 5.75 Å². The molecule has 1 heterocycles. The van der Waals surface area contributed by atoms with Crippen LogP contribution in [0.2, 0.25) is 0 Å². The van der Waals surface area contributed by atoms with E-state index in [1.165, 1.54) is 0 Å². The van der Waals surface area contributed by atoms with Gasteiger partial charge in [-0.2, -0.15) is 0 Å². The molecule has 0 aliphatic carbocycles. The van der Waals surface area contributed by atoms with Crippen LogP contribution in [-0.4, -0.2) is 22.1 Å². The van der Waals surface area contributed by atoms with Gasteiger partial charge >= 0.3 is 0 Å². The minimum atomic E-state index is -0.00736. The largest absolute Gasteiger partial charge is 0.272 e. The molecule has 13 heavy (non-hydrogen) atoms. The summed E-state index contributed by atoms with van der Waals surface area (Å²) in [4.78, 5) is 15.4. The normalized spacial score (nSPS) is 22.8. The molecule has 1 aliphatic rings. The summed E-state index contributed by atoms with van der Waals surface area (Å²) >= 11 is 1.68. The van der Waals surface area contributed by atoms with Crippen molar-refractivity contribution in [3.8, 4) is 0 Å². The highest BCUT2D eigenvalue weighted by Crippen LogP contribution is 2.37. The van der Waals surface area contributed by atoms with Crippen molar-refractivity contribution in [3.05, 3.63) is 0 Å². The Morgan fingerprint density at radius 1 is 1.38 bits per heavy atom. The Morgan fingerprint density at radius 3 is 2.31 bits per heavy atom. The Morgan fingerprint density at radius 2 is 1.92 bits per heavy atom. The SMILES string of the molecule is CC(C)(C)C1=NC(=O)CSC1(C)C. The van der Waals surface area contributed by atoms with Crippen LogP contribution in [-0.2, 0) is 4.79 Å². The van der Waals surface area contributed by atoms with Crippen LogP contribution >= 0.6 is 11.8 Å². The van der Waals surface area contributed by atoms with Crippen LogP contribution in [0, 0.1) is 5.41 Å². The standard InChI is InChI=1S/C10H17NOS/c1-9(2,3)8-10(4,5)13-6-7(12)11-8/h6H2,1-5H3. The summed E-state index contributed by atoms with van der Waals surface area (Å²) < 4.78 is 0.00611. The molecule has 1 aliphatic heterocycles. The number of aliphatic imine (C=N–C) groups is 1. The van der Waals surface area contributed by atoms with Gasteiger partial charge < -0.3 is 0 Å². The zero-order chi connectivity index (χ0) is 10.3. The Kier molecular flexibility index (Phi) is 2.59. The van der Waals surface area contributed by atoms with Crippen molar-refractivity contribution in [1.82, 2.24) is 0 Å². The maximum absolute atomic E-state index is 11.2. The lowest BCUT2D eigenvalue weighted by Gasteiger charge is -2.36. The first kappa shape index (κ1) is 10.8. The molecule has 0 spiro atoms. The van der Waals surface area contributed by atoms with Gasteiger partial charge in [0.1, 0.15) is 0 Å². The molecular formula is C10H17NOS. The quantitative estimate of drug-likeness (QED) is 0.600. The van der Waals surface area contributed by atoms with E-state index in [-0.39, 0.29) is 16.1 Å². The summed E-state index contributed by atoms with van der Waals surface area (Å²) in [6, 6.07) is 0. The van der Waals surface area contributed by atoms with Crippen molar-refractivity contribution >= 4 is 23.4 Å². The summed E-state index contributed by atoms with van der Waals surface area (Å²) in [6.45, 7) is 10.6. The van der Waals surface area contributed by atoms with Crippen molar-refractivity contribution in [2.45, 2.75) is 39.4 Å². The molecule has 0 saturated heterocycles. The second-order valence-electron chi connectivity index (χ2n) is 4.90. The molecule has 0 aromatic heterocycles. The average Bonchev–Trinajstić information content (AvgIpc) is 1.92. The number of nitrogens with zero attached hydrogens (tertiary/aromatic N) is 1. The fourth-order valence-corrected chi connectivity index (χ4v) is 2.71. The van der Waals surface area contributed by atoms with E-state index in [1.807, 2.05) is 0 Å². The molecule has 0 unspecified atom stereocenters. The highest BCUT2D eigenvalue weighted by molar-refractivity contribution is 8.02. The minimum absolute atomic E-state index is 0.00611. The number of thioether (sulfide) groups is 1. The maximum atomic E-state index is 11.2. The lowest BCUT2D eigenvalue weighted by Crippen LogP contribution is -2.42. The van der Waals surface area contributed by atoms with Gasteiger partial charge in [-0.25, -0.2) is 4.99 Å².